The topological polar surface area (TPSA) is 70.0 Å². The van der Waals surface area contributed by atoms with Crippen molar-refractivity contribution in [2.24, 2.45) is 12.0 Å². The molecular formula is C19H26N6. The van der Waals surface area contributed by atoms with E-state index in [0.29, 0.717) is 6.54 Å². The molecule has 3 aromatic rings. The molecule has 0 radical (unpaired) electrons. The fourth-order valence-corrected chi connectivity index (χ4v) is 2.88. The number of aromatic amines is 1. The lowest BCUT2D eigenvalue weighted by atomic mass is 10.1. The number of nitrogens with one attached hydrogen (secondary N) is 3. The highest BCUT2D eigenvalue weighted by atomic mass is 15.3. The van der Waals surface area contributed by atoms with Crippen molar-refractivity contribution in [3.05, 3.63) is 53.5 Å². The van der Waals surface area contributed by atoms with Gasteiger partial charge in [0.15, 0.2) is 5.96 Å². The number of aryl methyl sites for hydroxylation is 2. The van der Waals surface area contributed by atoms with Crippen LogP contribution < -0.4 is 10.6 Å². The lowest BCUT2D eigenvalue weighted by molar-refractivity contribution is 0.707. The number of H-pyrrole nitrogens is 1. The van der Waals surface area contributed by atoms with Gasteiger partial charge in [0.2, 0.25) is 0 Å². The summed E-state index contributed by atoms with van der Waals surface area (Å²) in [5.74, 6) is 0.833. The first-order valence-corrected chi connectivity index (χ1v) is 8.73. The largest absolute Gasteiger partial charge is 0.361 e. The number of aromatic nitrogens is 3. The predicted molar refractivity (Wildman–Crippen MR) is 103 cm³/mol. The number of hydrogen-bond acceptors (Lipinski definition) is 2. The molecule has 3 N–H and O–H groups in total. The number of rotatable bonds is 6. The number of hydrogen-bond donors (Lipinski definition) is 3. The van der Waals surface area contributed by atoms with E-state index in [9.17, 15) is 0 Å². The van der Waals surface area contributed by atoms with E-state index in [1.807, 2.05) is 17.8 Å². The molecule has 2 heterocycles. The Morgan fingerprint density at radius 3 is 2.92 bits per heavy atom. The molecule has 0 aliphatic heterocycles. The third-order valence-electron chi connectivity index (χ3n) is 4.28. The lowest BCUT2D eigenvalue weighted by Gasteiger charge is -2.11. The van der Waals surface area contributed by atoms with E-state index in [4.69, 9.17) is 0 Å². The first-order valence-electron chi connectivity index (χ1n) is 8.73. The van der Waals surface area contributed by atoms with Gasteiger partial charge in [-0.3, -0.25) is 4.68 Å². The normalized spacial score (nSPS) is 11.9. The molecule has 0 aliphatic carbocycles. The Balaban J connectivity index is 1.60. The molecule has 0 saturated carbocycles. The van der Waals surface area contributed by atoms with E-state index < -0.39 is 0 Å². The Kier molecular flexibility index (Phi) is 5.38. The molecule has 0 unspecified atom stereocenters. The summed E-state index contributed by atoms with van der Waals surface area (Å²) in [4.78, 5) is 7.99. The van der Waals surface area contributed by atoms with Crippen LogP contribution in [0.4, 0.5) is 0 Å². The zero-order valence-electron chi connectivity index (χ0n) is 15.1. The van der Waals surface area contributed by atoms with Crippen molar-refractivity contribution in [2.75, 3.05) is 13.1 Å². The molecule has 0 fully saturated rings. The minimum atomic E-state index is 0.609. The average Bonchev–Trinajstić information content (AvgIpc) is 3.18. The second-order valence-corrected chi connectivity index (χ2v) is 6.18. The monoisotopic (exact) mass is 338 g/mol. The van der Waals surface area contributed by atoms with Crippen molar-refractivity contribution < 1.29 is 0 Å². The van der Waals surface area contributed by atoms with Crippen LogP contribution in [0.5, 0.6) is 0 Å². The second kappa shape index (κ2) is 7.88. The van der Waals surface area contributed by atoms with Crippen molar-refractivity contribution >= 4 is 16.9 Å². The summed E-state index contributed by atoms with van der Waals surface area (Å²) in [5.41, 5.74) is 4.89. The van der Waals surface area contributed by atoms with Crippen LogP contribution in [0.2, 0.25) is 0 Å². The second-order valence-electron chi connectivity index (χ2n) is 6.18. The van der Waals surface area contributed by atoms with Crippen molar-refractivity contribution in [1.82, 2.24) is 25.4 Å². The lowest BCUT2D eigenvalue weighted by Crippen LogP contribution is -2.38. The summed E-state index contributed by atoms with van der Waals surface area (Å²) in [6.45, 7) is 6.46. The Morgan fingerprint density at radius 2 is 2.16 bits per heavy atom. The SMILES string of the molecule is CCNC(=NCc1ccnn1C)NCCc1c[nH]c2cc(C)ccc12. The Morgan fingerprint density at radius 1 is 1.28 bits per heavy atom. The summed E-state index contributed by atoms with van der Waals surface area (Å²) in [6.07, 6.45) is 4.84. The molecule has 3 rings (SSSR count). The molecule has 6 nitrogen and oxygen atoms in total. The molecule has 25 heavy (non-hydrogen) atoms. The van der Waals surface area contributed by atoms with Crippen LogP contribution in [0.1, 0.15) is 23.7 Å². The highest BCUT2D eigenvalue weighted by molar-refractivity contribution is 5.84. The maximum Gasteiger partial charge on any atom is 0.191 e. The molecule has 0 spiro atoms. The van der Waals surface area contributed by atoms with Crippen molar-refractivity contribution in [2.45, 2.75) is 26.8 Å². The molecular weight excluding hydrogens is 312 g/mol. The Bertz CT molecular complexity index is 858. The standard InChI is InChI=1S/C19H26N6/c1-4-20-19(23-13-16-8-10-24-25(16)3)21-9-7-15-12-22-18-11-14(2)5-6-17(15)18/h5-6,8,10-12,22H,4,7,9,13H2,1-3H3,(H2,20,21,23). The molecule has 1 aromatic carbocycles. The molecule has 0 amide bonds. The van der Waals surface area contributed by atoms with Crippen LogP contribution in [-0.2, 0) is 20.0 Å². The maximum atomic E-state index is 4.64. The van der Waals surface area contributed by atoms with Gasteiger partial charge >= 0.3 is 0 Å². The van der Waals surface area contributed by atoms with Gasteiger partial charge in [0.05, 0.1) is 12.2 Å². The van der Waals surface area contributed by atoms with Crippen LogP contribution >= 0.6 is 0 Å². The quantitative estimate of drug-likeness (QED) is 0.478. The van der Waals surface area contributed by atoms with Gasteiger partial charge in [-0.05, 0) is 43.5 Å². The zero-order chi connectivity index (χ0) is 17.6. The number of benzene rings is 1. The Hall–Kier alpha value is -2.76. The van der Waals surface area contributed by atoms with E-state index in [1.165, 1.54) is 22.0 Å². The summed E-state index contributed by atoms with van der Waals surface area (Å²) in [6, 6.07) is 8.53. The first kappa shape index (κ1) is 17.1. The van der Waals surface area contributed by atoms with Gasteiger partial charge in [0.25, 0.3) is 0 Å². The summed E-state index contributed by atoms with van der Waals surface area (Å²) in [7, 11) is 1.93. The highest BCUT2D eigenvalue weighted by Gasteiger charge is 2.05. The van der Waals surface area contributed by atoms with Gasteiger partial charge in [0, 0.05) is 43.4 Å². The highest BCUT2D eigenvalue weighted by Crippen LogP contribution is 2.19. The number of nitrogens with zero attached hydrogens (tertiary/aromatic N) is 3. The number of fused-ring (bicyclic) bond motifs is 1. The van der Waals surface area contributed by atoms with E-state index in [1.54, 1.807) is 6.20 Å². The fourth-order valence-electron chi connectivity index (χ4n) is 2.88. The van der Waals surface area contributed by atoms with Crippen LogP contribution in [0.3, 0.4) is 0 Å². The minimum absolute atomic E-state index is 0.609. The smallest absolute Gasteiger partial charge is 0.191 e. The number of guanidine groups is 1. The third-order valence-corrected chi connectivity index (χ3v) is 4.28. The molecule has 2 aromatic heterocycles. The van der Waals surface area contributed by atoms with Crippen molar-refractivity contribution in [3.8, 4) is 0 Å². The summed E-state index contributed by atoms with van der Waals surface area (Å²) >= 11 is 0. The van der Waals surface area contributed by atoms with Gasteiger partial charge < -0.3 is 15.6 Å². The van der Waals surface area contributed by atoms with Crippen molar-refractivity contribution in [3.63, 3.8) is 0 Å². The average molecular weight is 338 g/mol. The molecule has 132 valence electrons. The van der Waals surface area contributed by atoms with E-state index >= 15 is 0 Å². The van der Waals surface area contributed by atoms with Gasteiger partial charge in [-0.15, -0.1) is 0 Å². The van der Waals surface area contributed by atoms with Gasteiger partial charge in [-0.1, -0.05) is 12.1 Å². The third kappa shape index (κ3) is 4.21. The van der Waals surface area contributed by atoms with Gasteiger partial charge in [-0.2, -0.15) is 5.10 Å². The van der Waals surface area contributed by atoms with Crippen LogP contribution in [0.25, 0.3) is 10.9 Å². The van der Waals surface area contributed by atoms with Crippen molar-refractivity contribution in [1.29, 1.82) is 0 Å². The molecule has 0 saturated heterocycles. The molecule has 6 heteroatoms. The minimum Gasteiger partial charge on any atom is -0.361 e. The zero-order valence-corrected chi connectivity index (χ0v) is 15.1. The molecule has 0 atom stereocenters. The maximum absolute atomic E-state index is 4.64. The Labute approximate surface area is 148 Å². The van der Waals surface area contributed by atoms with E-state index in [-0.39, 0.29) is 0 Å². The van der Waals surface area contributed by atoms with E-state index in [2.05, 4.69) is 64.0 Å². The predicted octanol–water partition coefficient (Wildman–Crippen LogP) is 2.51. The van der Waals surface area contributed by atoms with E-state index in [0.717, 1.165) is 31.2 Å². The van der Waals surface area contributed by atoms with Gasteiger partial charge in [-0.25, -0.2) is 4.99 Å². The number of aliphatic imine (C=N–C) groups is 1. The van der Waals surface area contributed by atoms with Crippen LogP contribution in [0.15, 0.2) is 41.7 Å². The molecule has 0 bridgehead atoms. The molecule has 0 aliphatic rings. The fraction of sp³-hybridized carbons (Fsp3) is 0.368. The van der Waals surface area contributed by atoms with Crippen LogP contribution in [-0.4, -0.2) is 33.8 Å². The summed E-state index contributed by atoms with van der Waals surface area (Å²) < 4.78 is 1.85. The summed E-state index contributed by atoms with van der Waals surface area (Å²) in [5, 5.41) is 12.2. The van der Waals surface area contributed by atoms with Crippen LogP contribution in [0, 0.1) is 6.92 Å². The van der Waals surface area contributed by atoms with Gasteiger partial charge in [0.1, 0.15) is 0 Å². The first-order chi connectivity index (χ1) is 12.2.